The van der Waals surface area contributed by atoms with Crippen LogP contribution in [0.5, 0.6) is 0 Å². The molecular formula is C20H25N3O2. The Balaban J connectivity index is 1.81. The predicted molar refractivity (Wildman–Crippen MR) is 98.4 cm³/mol. The Morgan fingerprint density at radius 3 is 2.64 bits per heavy atom. The second kappa shape index (κ2) is 7.64. The number of H-pyrrole nitrogens is 1. The first-order valence-electron chi connectivity index (χ1n) is 9.09. The smallest absolute Gasteiger partial charge is 0.264 e. The minimum absolute atomic E-state index is 0.199. The molecule has 132 valence electrons. The molecule has 1 aromatic heterocycles. The van der Waals surface area contributed by atoms with E-state index < -0.39 is 0 Å². The van der Waals surface area contributed by atoms with E-state index >= 15 is 0 Å². The highest BCUT2D eigenvalue weighted by molar-refractivity contribution is 5.76. The quantitative estimate of drug-likeness (QED) is 0.880. The fourth-order valence-electron chi connectivity index (χ4n) is 3.59. The van der Waals surface area contributed by atoms with Crippen molar-refractivity contribution in [1.29, 1.82) is 0 Å². The molecule has 5 nitrogen and oxygen atoms in total. The van der Waals surface area contributed by atoms with Gasteiger partial charge in [-0.15, -0.1) is 0 Å². The van der Waals surface area contributed by atoms with E-state index in [0.29, 0.717) is 6.42 Å². The average Bonchev–Trinajstić information content (AvgIpc) is 3.03. The minimum atomic E-state index is -0.199. The van der Waals surface area contributed by atoms with Crippen molar-refractivity contribution in [3.8, 4) is 11.3 Å². The van der Waals surface area contributed by atoms with Gasteiger partial charge in [0.2, 0.25) is 5.91 Å². The van der Waals surface area contributed by atoms with Gasteiger partial charge in [-0.3, -0.25) is 9.59 Å². The number of hydrogen-bond acceptors (Lipinski definition) is 3. The van der Waals surface area contributed by atoms with Crippen molar-refractivity contribution >= 4 is 5.91 Å². The van der Waals surface area contributed by atoms with Crippen molar-refractivity contribution in [3.05, 3.63) is 51.8 Å². The summed E-state index contributed by atoms with van der Waals surface area (Å²) in [5, 5.41) is 6.59. The van der Waals surface area contributed by atoms with Crippen LogP contribution < -0.4 is 5.56 Å². The van der Waals surface area contributed by atoms with Crippen LogP contribution in [0.25, 0.3) is 11.3 Å². The van der Waals surface area contributed by atoms with Crippen molar-refractivity contribution < 1.29 is 4.79 Å². The summed E-state index contributed by atoms with van der Waals surface area (Å²) < 4.78 is 0. The van der Waals surface area contributed by atoms with Gasteiger partial charge in [-0.2, -0.15) is 5.10 Å². The first kappa shape index (κ1) is 17.4. The van der Waals surface area contributed by atoms with Crippen molar-refractivity contribution in [2.24, 2.45) is 0 Å². The number of nitrogens with zero attached hydrogens (tertiary/aromatic N) is 2. The zero-order valence-corrected chi connectivity index (χ0v) is 14.9. The van der Waals surface area contributed by atoms with Crippen LogP contribution in [-0.2, 0) is 17.6 Å². The molecule has 5 heteroatoms. The van der Waals surface area contributed by atoms with Crippen LogP contribution in [0.1, 0.15) is 44.2 Å². The van der Waals surface area contributed by atoms with E-state index in [1.54, 1.807) is 6.07 Å². The molecule has 1 heterocycles. The molecule has 0 saturated heterocycles. The van der Waals surface area contributed by atoms with Crippen molar-refractivity contribution in [3.63, 3.8) is 0 Å². The number of rotatable bonds is 6. The average molecular weight is 339 g/mol. The second-order valence-corrected chi connectivity index (χ2v) is 6.69. The third kappa shape index (κ3) is 3.81. The highest BCUT2D eigenvalue weighted by Crippen LogP contribution is 2.30. The normalized spacial score (nSPS) is 15.8. The maximum atomic E-state index is 12.5. The third-order valence-electron chi connectivity index (χ3n) is 4.78. The Hall–Kier alpha value is -2.43. The number of carbonyl (C=O) groups is 1. The molecule has 0 radical (unpaired) electrons. The molecule has 1 unspecified atom stereocenters. The summed E-state index contributed by atoms with van der Waals surface area (Å²) >= 11 is 0. The van der Waals surface area contributed by atoms with Gasteiger partial charge in [0.15, 0.2) is 0 Å². The number of hydrogen-bond donors (Lipinski definition) is 1. The van der Waals surface area contributed by atoms with E-state index in [4.69, 9.17) is 0 Å². The lowest BCUT2D eigenvalue weighted by atomic mass is 10.0. The summed E-state index contributed by atoms with van der Waals surface area (Å²) in [5.74, 6) is 0.268. The second-order valence-electron chi connectivity index (χ2n) is 6.69. The molecule has 0 aliphatic heterocycles. The first-order valence-corrected chi connectivity index (χ1v) is 9.09. The molecule has 1 N–H and O–H groups in total. The number of amides is 1. The van der Waals surface area contributed by atoms with Gasteiger partial charge in [0.05, 0.1) is 5.69 Å². The number of nitrogens with one attached hydrogen (secondary N) is 1. The molecule has 1 aliphatic carbocycles. The monoisotopic (exact) mass is 339 g/mol. The maximum absolute atomic E-state index is 12.5. The van der Waals surface area contributed by atoms with Crippen LogP contribution in [0.2, 0.25) is 0 Å². The lowest BCUT2D eigenvalue weighted by molar-refractivity contribution is -0.133. The molecule has 0 bridgehead atoms. The van der Waals surface area contributed by atoms with Gasteiger partial charge in [0, 0.05) is 30.6 Å². The van der Waals surface area contributed by atoms with Crippen molar-refractivity contribution in [1.82, 2.24) is 15.1 Å². The summed E-state index contributed by atoms with van der Waals surface area (Å²) in [6.45, 7) is 5.00. The van der Waals surface area contributed by atoms with E-state index in [2.05, 4.69) is 41.1 Å². The highest BCUT2D eigenvalue weighted by Gasteiger charge is 2.29. The van der Waals surface area contributed by atoms with E-state index in [0.717, 1.165) is 43.5 Å². The Kier molecular flexibility index (Phi) is 5.31. The summed E-state index contributed by atoms with van der Waals surface area (Å²) in [6, 6.07) is 9.80. The lowest BCUT2D eigenvalue weighted by Crippen LogP contribution is -2.41. The maximum Gasteiger partial charge on any atom is 0.264 e. The molecule has 1 aromatic carbocycles. The molecular weight excluding hydrogens is 314 g/mol. The number of carbonyl (C=O) groups excluding carboxylic acids is 1. The van der Waals surface area contributed by atoms with Crippen molar-refractivity contribution in [2.45, 2.75) is 52.0 Å². The molecule has 3 rings (SSSR count). The van der Waals surface area contributed by atoms with Crippen LogP contribution in [0.3, 0.4) is 0 Å². The summed E-state index contributed by atoms with van der Waals surface area (Å²) in [5.41, 5.74) is 4.15. The molecule has 25 heavy (non-hydrogen) atoms. The highest BCUT2D eigenvalue weighted by atomic mass is 16.2. The molecule has 0 fully saturated rings. The summed E-state index contributed by atoms with van der Waals surface area (Å²) in [4.78, 5) is 25.7. The van der Waals surface area contributed by atoms with Gasteiger partial charge in [-0.25, -0.2) is 5.10 Å². The largest absolute Gasteiger partial charge is 0.339 e. The van der Waals surface area contributed by atoms with Crippen LogP contribution in [0.15, 0.2) is 35.1 Å². The first-order chi connectivity index (χ1) is 12.1. The number of fused-ring (bicyclic) bond motifs is 1. The van der Waals surface area contributed by atoms with Crippen LogP contribution in [0, 0.1) is 0 Å². The van der Waals surface area contributed by atoms with Gasteiger partial charge in [0.1, 0.15) is 0 Å². The molecule has 1 aliphatic rings. The van der Waals surface area contributed by atoms with Gasteiger partial charge in [-0.05, 0) is 48.9 Å². The van der Waals surface area contributed by atoms with Crippen molar-refractivity contribution in [2.75, 3.05) is 6.54 Å². The standard InChI is InChI=1S/C20H25N3O2/c1-3-5-20(25)23(10-4-2)17-12-14-6-7-15(11-16(14)13-17)18-8-9-19(24)22-21-18/h6-9,11,17H,3-5,10,12-13H2,1-2H3,(H,22,24). The third-order valence-corrected chi connectivity index (χ3v) is 4.78. The predicted octanol–water partition coefficient (Wildman–Crippen LogP) is 2.94. The molecule has 0 spiro atoms. The number of benzene rings is 1. The summed E-state index contributed by atoms with van der Waals surface area (Å²) in [7, 11) is 0. The number of aromatic amines is 1. The topological polar surface area (TPSA) is 66.1 Å². The summed E-state index contributed by atoms with van der Waals surface area (Å²) in [6.07, 6.45) is 4.31. The molecule has 0 saturated carbocycles. The van der Waals surface area contributed by atoms with E-state index in [9.17, 15) is 9.59 Å². The van der Waals surface area contributed by atoms with E-state index in [-0.39, 0.29) is 17.5 Å². The van der Waals surface area contributed by atoms with E-state index in [1.165, 1.54) is 17.2 Å². The zero-order chi connectivity index (χ0) is 17.8. The Morgan fingerprint density at radius 2 is 1.96 bits per heavy atom. The molecule has 1 amide bonds. The zero-order valence-electron chi connectivity index (χ0n) is 14.9. The lowest BCUT2D eigenvalue weighted by Gasteiger charge is -2.28. The van der Waals surface area contributed by atoms with Gasteiger partial charge in [-0.1, -0.05) is 26.0 Å². The fourth-order valence-corrected chi connectivity index (χ4v) is 3.59. The van der Waals surface area contributed by atoms with Gasteiger partial charge < -0.3 is 4.90 Å². The van der Waals surface area contributed by atoms with Crippen LogP contribution in [0.4, 0.5) is 0 Å². The molecule has 2 aromatic rings. The van der Waals surface area contributed by atoms with Gasteiger partial charge >= 0.3 is 0 Å². The Bertz CT molecular complexity index is 792. The fraction of sp³-hybridized carbons (Fsp3) is 0.450. The molecule has 1 atom stereocenters. The SMILES string of the molecule is CCCC(=O)N(CCC)C1Cc2ccc(-c3ccc(=O)[nH]n3)cc2C1. The van der Waals surface area contributed by atoms with Crippen LogP contribution in [-0.4, -0.2) is 33.6 Å². The number of aromatic nitrogens is 2. The van der Waals surface area contributed by atoms with Crippen LogP contribution >= 0.6 is 0 Å². The minimum Gasteiger partial charge on any atom is -0.339 e. The Labute approximate surface area is 148 Å². The van der Waals surface area contributed by atoms with Gasteiger partial charge in [0.25, 0.3) is 5.56 Å². The van der Waals surface area contributed by atoms with E-state index in [1.807, 2.05) is 6.07 Å². The Morgan fingerprint density at radius 1 is 1.16 bits per heavy atom.